The Kier molecular flexibility index (Phi) is 8.71. The van der Waals surface area contributed by atoms with Crippen LogP contribution < -0.4 is 5.32 Å². The minimum Gasteiger partial charge on any atom is -0.430 e. The molecule has 6 heteroatoms. The maximum absolute atomic E-state index is 13.5. The second-order valence-corrected chi connectivity index (χ2v) is 9.13. The molecule has 4 rings (SSSR count). The molecule has 37 heavy (non-hydrogen) atoms. The molecule has 0 aliphatic carbocycles. The molecule has 1 fully saturated rings. The number of nitrogens with one attached hydrogen (secondary N) is 1. The van der Waals surface area contributed by atoms with Gasteiger partial charge in [0.2, 0.25) is 0 Å². The molecule has 1 aliphatic rings. The summed E-state index contributed by atoms with van der Waals surface area (Å²) in [5.74, 6) is 2.11. The molecule has 3 aromatic rings. The Morgan fingerprint density at radius 1 is 0.946 bits per heavy atom. The van der Waals surface area contributed by atoms with Crippen molar-refractivity contribution < 1.29 is 18.3 Å². The zero-order chi connectivity index (χ0) is 26.1. The van der Waals surface area contributed by atoms with Crippen LogP contribution in [0.2, 0.25) is 0 Å². The Morgan fingerprint density at radius 3 is 2.05 bits per heavy atom. The Labute approximate surface area is 217 Å². The van der Waals surface area contributed by atoms with E-state index in [1.807, 2.05) is 30.3 Å². The Balaban J connectivity index is 1.32. The Bertz CT molecular complexity index is 1190. The number of piperidine rings is 1. The molecular weight excluding hydrogens is 470 g/mol. The highest BCUT2D eigenvalue weighted by Crippen LogP contribution is 2.28. The number of halogens is 2. The molecule has 0 aromatic heterocycles. The number of nitrogens with zero attached hydrogens (tertiary/aromatic N) is 1. The van der Waals surface area contributed by atoms with Gasteiger partial charge in [-0.2, -0.15) is 0 Å². The number of rotatable bonds is 8. The lowest BCUT2D eigenvalue weighted by Crippen LogP contribution is -2.47. The molecule has 1 amide bonds. The van der Waals surface area contributed by atoms with Crippen LogP contribution in [0.1, 0.15) is 36.0 Å². The van der Waals surface area contributed by atoms with E-state index in [1.165, 1.54) is 24.3 Å². The molecule has 1 N–H and O–H groups in total. The van der Waals surface area contributed by atoms with Gasteiger partial charge in [-0.3, -0.25) is 0 Å². The Morgan fingerprint density at radius 2 is 1.51 bits per heavy atom. The maximum Gasteiger partial charge on any atom is 0.408 e. The number of benzene rings is 3. The number of alkyl carbamates (subject to hydrolysis) is 1. The van der Waals surface area contributed by atoms with E-state index in [9.17, 15) is 13.6 Å². The molecule has 0 saturated carbocycles. The van der Waals surface area contributed by atoms with Crippen molar-refractivity contribution in [2.24, 2.45) is 0 Å². The van der Waals surface area contributed by atoms with Gasteiger partial charge < -0.3 is 15.0 Å². The number of terminal acetylenes is 1. The molecule has 3 aromatic carbocycles. The van der Waals surface area contributed by atoms with Crippen molar-refractivity contribution in [3.63, 3.8) is 0 Å². The standard InChI is InChI=1S/C31H30F2N2O2/c1-2-31(37-30(36)34-23-24-7-4-3-5-8-24)18-21-35(22-19-31)20-6-9-29(25-10-14-27(32)15-11-25)26-12-16-28(33)17-13-26/h1,3-5,7-17H,6,18-23H2,(H,34,36). The summed E-state index contributed by atoms with van der Waals surface area (Å²) >= 11 is 0. The summed E-state index contributed by atoms with van der Waals surface area (Å²) in [5.41, 5.74) is 2.73. The summed E-state index contributed by atoms with van der Waals surface area (Å²) < 4.78 is 32.6. The molecule has 0 bridgehead atoms. The largest absolute Gasteiger partial charge is 0.430 e. The van der Waals surface area contributed by atoms with Crippen molar-refractivity contribution in [2.45, 2.75) is 31.4 Å². The second-order valence-electron chi connectivity index (χ2n) is 9.13. The van der Waals surface area contributed by atoms with E-state index in [2.05, 4.69) is 22.2 Å². The van der Waals surface area contributed by atoms with Gasteiger partial charge in [-0.1, -0.05) is 66.6 Å². The second kappa shape index (κ2) is 12.3. The van der Waals surface area contributed by atoms with E-state index >= 15 is 0 Å². The first kappa shape index (κ1) is 26.1. The number of amides is 1. The van der Waals surface area contributed by atoms with Gasteiger partial charge in [0.15, 0.2) is 5.60 Å². The highest BCUT2D eigenvalue weighted by Gasteiger charge is 2.36. The van der Waals surface area contributed by atoms with Crippen LogP contribution in [0, 0.1) is 24.0 Å². The molecule has 0 atom stereocenters. The molecule has 1 saturated heterocycles. The molecule has 0 unspecified atom stereocenters. The van der Waals surface area contributed by atoms with Crippen molar-refractivity contribution in [2.75, 3.05) is 19.6 Å². The van der Waals surface area contributed by atoms with Gasteiger partial charge in [0, 0.05) is 39.0 Å². The van der Waals surface area contributed by atoms with Gasteiger partial charge in [-0.05, 0) is 52.9 Å². The summed E-state index contributed by atoms with van der Waals surface area (Å²) in [4.78, 5) is 14.7. The summed E-state index contributed by atoms with van der Waals surface area (Å²) in [6.45, 7) is 2.56. The van der Waals surface area contributed by atoms with Crippen molar-refractivity contribution in [3.8, 4) is 12.3 Å². The minimum atomic E-state index is -0.916. The molecule has 4 nitrogen and oxygen atoms in total. The summed E-state index contributed by atoms with van der Waals surface area (Å²) in [6.07, 6.45) is 9.22. The lowest BCUT2D eigenvalue weighted by molar-refractivity contribution is 0.00550. The van der Waals surface area contributed by atoms with E-state index in [4.69, 9.17) is 11.2 Å². The first-order valence-electron chi connectivity index (χ1n) is 12.4. The van der Waals surface area contributed by atoms with Crippen LogP contribution in [0.5, 0.6) is 0 Å². The van der Waals surface area contributed by atoms with Gasteiger partial charge in [0.05, 0.1) is 0 Å². The smallest absolute Gasteiger partial charge is 0.408 e. The average molecular weight is 501 g/mol. The van der Waals surface area contributed by atoms with Gasteiger partial charge in [-0.15, -0.1) is 6.42 Å². The van der Waals surface area contributed by atoms with Gasteiger partial charge >= 0.3 is 6.09 Å². The number of hydrogen-bond acceptors (Lipinski definition) is 3. The predicted octanol–water partition coefficient (Wildman–Crippen LogP) is 6.18. The summed E-state index contributed by atoms with van der Waals surface area (Å²) in [7, 11) is 0. The minimum absolute atomic E-state index is 0.302. The van der Waals surface area contributed by atoms with Crippen molar-refractivity contribution in [1.82, 2.24) is 10.2 Å². The lowest BCUT2D eigenvalue weighted by atomic mass is 9.91. The maximum atomic E-state index is 13.5. The fourth-order valence-electron chi connectivity index (χ4n) is 4.45. The molecule has 190 valence electrons. The van der Waals surface area contributed by atoms with E-state index in [1.54, 1.807) is 24.3 Å². The monoisotopic (exact) mass is 500 g/mol. The molecule has 0 radical (unpaired) electrons. The van der Waals surface area contributed by atoms with Crippen molar-refractivity contribution in [3.05, 3.63) is 113 Å². The van der Waals surface area contributed by atoms with E-state index in [0.29, 0.717) is 32.5 Å². The van der Waals surface area contributed by atoms with Crippen LogP contribution >= 0.6 is 0 Å². The molecule has 1 aliphatic heterocycles. The van der Waals surface area contributed by atoms with Gasteiger partial charge in [0.25, 0.3) is 0 Å². The van der Waals surface area contributed by atoms with Crippen molar-refractivity contribution in [1.29, 1.82) is 0 Å². The number of likely N-dealkylation sites (tertiary alicyclic amines) is 1. The van der Waals surface area contributed by atoms with E-state index < -0.39 is 11.7 Å². The van der Waals surface area contributed by atoms with Crippen molar-refractivity contribution >= 4 is 11.7 Å². The van der Waals surface area contributed by atoms with Crippen LogP contribution in [0.3, 0.4) is 0 Å². The third kappa shape index (κ3) is 7.28. The van der Waals surface area contributed by atoms with Gasteiger partial charge in [0.1, 0.15) is 11.6 Å². The quantitative estimate of drug-likeness (QED) is 0.376. The first-order valence-corrected chi connectivity index (χ1v) is 12.4. The number of carbonyl (C=O) groups is 1. The fourth-order valence-corrected chi connectivity index (χ4v) is 4.45. The van der Waals surface area contributed by atoms with E-state index in [-0.39, 0.29) is 11.6 Å². The summed E-state index contributed by atoms with van der Waals surface area (Å²) in [6, 6.07) is 22.2. The number of carbonyl (C=O) groups excluding carboxylic acids is 1. The predicted molar refractivity (Wildman–Crippen MR) is 141 cm³/mol. The number of ether oxygens (including phenoxy) is 1. The zero-order valence-corrected chi connectivity index (χ0v) is 20.6. The number of hydrogen-bond donors (Lipinski definition) is 1. The lowest BCUT2D eigenvalue weighted by Gasteiger charge is -2.37. The fraction of sp³-hybridized carbons (Fsp3) is 0.258. The zero-order valence-electron chi connectivity index (χ0n) is 20.6. The van der Waals surface area contributed by atoms with Crippen LogP contribution in [-0.2, 0) is 11.3 Å². The molecule has 0 spiro atoms. The highest BCUT2D eigenvalue weighted by atomic mass is 19.1. The van der Waals surface area contributed by atoms with Crippen LogP contribution in [-0.4, -0.2) is 36.2 Å². The average Bonchev–Trinajstić information content (AvgIpc) is 2.93. The van der Waals surface area contributed by atoms with Gasteiger partial charge in [-0.25, -0.2) is 13.6 Å². The summed E-state index contributed by atoms with van der Waals surface area (Å²) in [5, 5.41) is 2.78. The highest BCUT2D eigenvalue weighted by molar-refractivity contribution is 5.79. The first-order chi connectivity index (χ1) is 18.0. The van der Waals surface area contributed by atoms with E-state index in [0.717, 1.165) is 35.2 Å². The third-order valence-corrected chi connectivity index (χ3v) is 6.60. The van der Waals surface area contributed by atoms with Crippen LogP contribution in [0.4, 0.5) is 13.6 Å². The third-order valence-electron chi connectivity index (χ3n) is 6.60. The van der Waals surface area contributed by atoms with Crippen LogP contribution in [0.25, 0.3) is 5.57 Å². The SMILES string of the molecule is C#CC1(OC(=O)NCc2ccccc2)CCN(CCC=C(c2ccc(F)cc2)c2ccc(F)cc2)CC1. The molecule has 1 heterocycles. The Hall–Kier alpha value is -3.95. The normalized spacial score (nSPS) is 14.8. The topological polar surface area (TPSA) is 41.6 Å². The van der Waals surface area contributed by atoms with Crippen LogP contribution in [0.15, 0.2) is 84.9 Å². The molecular formula is C31H30F2N2O2.